The van der Waals surface area contributed by atoms with Gasteiger partial charge in [-0.25, -0.2) is 9.18 Å². The fourth-order valence-corrected chi connectivity index (χ4v) is 2.64. The first kappa shape index (κ1) is 16.0. The molecule has 1 saturated carbocycles. The summed E-state index contributed by atoms with van der Waals surface area (Å²) in [6.45, 7) is 0.649. The van der Waals surface area contributed by atoms with Crippen molar-refractivity contribution < 1.29 is 19.1 Å². The Morgan fingerprint density at radius 3 is 2.75 bits per heavy atom. The smallest absolute Gasteiger partial charge is 0.341 e. The van der Waals surface area contributed by atoms with Crippen molar-refractivity contribution in [3.8, 4) is 0 Å². The van der Waals surface area contributed by atoms with Crippen molar-refractivity contribution in [2.45, 2.75) is 18.9 Å². The number of nitrogens with zero attached hydrogens (tertiary/aromatic N) is 1. The standard InChI is InChI=1S/C16H16FN3O4/c17-12-5-10-14(6-13(12)19-4-3-18-8-21)20(9-1-2-9)7-11(15(10)22)16(23)24/h5-9,19H,1-4H2,(H,18,21)(H,23,24). The number of carboxylic acids is 1. The van der Waals surface area contributed by atoms with Gasteiger partial charge in [0.05, 0.1) is 11.2 Å². The molecule has 1 heterocycles. The largest absolute Gasteiger partial charge is 0.477 e. The molecule has 1 amide bonds. The molecule has 0 unspecified atom stereocenters. The van der Waals surface area contributed by atoms with E-state index >= 15 is 0 Å². The van der Waals surface area contributed by atoms with E-state index < -0.39 is 17.2 Å². The van der Waals surface area contributed by atoms with E-state index in [9.17, 15) is 23.9 Å². The average Bonchev–Trinajstić information content (AvgIpc) is 3.37. The van der Waals surface area contributed by atoms with Crippen LogP contribution >= 0.6 is 0 Å². The summed E-state index contributed by atoms with van der Waals surface area (Å²) in [5.74, 6) is -1.96. The number of hydrogen-bond acceptors (Lipinski definition) is 4. The van der Waals surface area contributed by atoms with Gasteiger partial charge >= 0.3 is 5.97 Å². The molecule has 0 bridgehead atoms. The molecule has 3 rings (SSSR count). The maximum atomic E-state index is 14.2. The highest BCUT2D eigenvalue weighted by molar-refractivity contribution is 5.93. The lowest BCUT2D eigenvalue weighted by Crippen LogP contribution is -2.21. The normalized spacial score (nSPS) is 13.7. The van der Waals surface area contributed by atoms with Gasteiger partial charge in [-0.2, -0.15) is 0 Å². The third kappa shape index (κ3) is 2.94. The number of amides is 1. The number of halogens is 1. The molecule has 1 aromatic heterocycles. The van der Waals surface area contributed by atoms with Crippen LogP contribution in [0.25, 0.3) is 10.9 Å². The number of rotatable bonds is 7. The molecule has 3 N–H and O–H groups in total. The monoisotopic (exact) mass is 333 g/mol. The molecule has 1 aromatic carbocycles. The topological polar surface area (TPSA) is 100 Å². The Hall–Kier alpha value is -2.90. The Kier molecular flexibility index (Phi) is 4.20. The maximum absolute atomic E-state index is 14.2. The van der Waals surface area contributed by atoms with Gasteiger partial charge in [-0.1, -0.05) is 0 Å². The molecule has 1 fully saturated rings. The minimum absolute atomic E-state index is 0.0517. The Labute approximate surface area is 136 Å². The van der Waals surface area contributed by atoms with Crippen molar-refractivity contribution in [2.75, 3.05) is 18.4 Å². The third-order valence-electron chi connectivity index (χ3n) is 3.96. The van der Waals surface area contributed by atoms with Crippen LogP contribution in [0.15, 0.2) is 23.1 Å². The maximum Gasteiger partial charge on any atom is 0.341 e. The number of carbonyl (C=O) groups is 2. The molecular weight excluding hydrogens is 317 g/mol. The van der Waals surface area contributed by atoms with Crippen LogP contribution in [0, 0.1) is 5.82 Å². The zero-order valence-electron chi connectivity index (χ0n) is 12.7. The van der Waals surface area contributed by atoms with Gasteiger partial charge in [0.2, 0.25) is 11.8 Å². The minimum atomic E-state index is -1.32. The minimum Gasteiger partial charge on any atom is -0.477 e. The number of carbonyl (C=O) groups excluding carboxylic acids is 1. The van der Waals surface area contributed by atoms with Gasteiger partial charge in [-0.05, 0) is 25.0 Å². The Morgan fingerprint density at radius 2 is 2.12 bits per heavy atom. The molecule has 126 valence electrons. The molecule has 0 aliphatic heterocycles. The summed E-state index contributed by atoms with van der Waals surface area (Å²) in [6.07, 6.45) is 3.66. The van der Waals surface area contributed by atoms with Crippen LogP contribution < -0.4 is 16.1 Å². The van der Waals surface area contributed by atoms with Gasteiger partial charge in [0, 0.05) is 30.7 Å². The quantitative estimate of drug-likeness (QED) is 0.524. The summed E-state index contributed by atoms with van der Waals surface area (Å²) in [6, 6.07) is 2.70. The van der Waals surface area contributed by atoms with Crippen molar-refractivity contribution >= 4 is 29.0 Å². The third-order valence-corrected chi connectivity index (χ3v) is 3.96. The van der Waals surface area contributed by atoms with Crippen LogP contribution in [0.3, 0.4) is 0 Å². The summed E-state index contributed by atoms with van der Waals surface area (Å²) in [7, 11) is 0. The van der Waals surface area contributed by atoms with E-state index in [1.165, 1.54) is 12.3 Å². The number of hydrogen-bond donors (Lipinski definition) is 3. The summed E-state index contributed by atoms with van der Waals surface area (Å²) in [5.41, 5.74) is -0.348. The van der Waals surface area contributed by atoms with E-state index in [0.29, 0.717) is 25.0 Å². The number of pyridine rings is 1. The predicted octanol–water partition coefficient (Wildman–Crippen LogP) is 1.33. The number of aromatic carboxylic acids is 1. The first-order valence-electron chi connectivity index (χ1n) is 7.55. The number of fused-ring (bicyclic) bond motifs is 1. The van der Waals surface area contributed by atoms with Crippen molar-refractivity contribution in [2.24, 2.45) is 0 Å². The molecule has 24 heavy (non-hydrogen) atoms. The fraction of sp³-hybridized carbons (Fsp3) is 0.312. The molecular formula is C16H16FN3O4. The number of aromatic nitrogens is 1. The molecule has 8 heteroatoms. The van der Waals surface area contributed by atoms with Gasteiger partial charge in [-0.15, -0.1) is 0 Å². The van der Waals surface area contributed by atoms with E-state index in [2.05, 4.69) is 10.6 Å². The van der Waals surface area contributed by atoms with Crippen LogP contribution in [0.5, 0.6) is 0 Å². The Morgan fingerprint density at radius 1 is 1.38 bits per heavy atom. The molecule has 0 atom stereocenters. The molecule has 2 aromatic rings. The number of benzene rings is 1. The molecule has 7 nitrogen and oxygen atoms in total. The highest BCUT2D eigenvalue weighted by Crippen LogP contribution is 2.37. The van der Waals surface area contributed by atoms with E-state index in [0.717, 1.165) is 18.9 Å². The SMILES string of the molecule is O=CNCCNc1cc2c(cc1F)c(=O)c(C(=O)O)cn2C1CC1. The highest BCUT2D eigenvalue weighted by Gasteiger charge is 2.27. The second-order valence-electron chi connectivity index (χ2n) is 5.66. The first-order valence-corrected chi connectivity index (χ1v) is 7.55. The number of anilines is 1. The van der Waals surface area contributed by atoms with Crippen LogP contribution in [0.1, 0.15) is 29.2 Å². The van der Waals surface area contributed by atoms with Crippen LogP contribution in [-0.4, -0.2) is 35.1 Å². The zero-order valence-corrected chi connectivity index (χ0v) is 12.7. The van der Waals surface area contributed by atoms with Crippen LogP contribution in [-0.2, 0) is 4.79 Å². The van der Waals surface area contributed by atoms with E-state index in [-0.39, 0.29) is 22.7 Å². The molecule has 0 spiro atoms. The summed E-state index contributed by atoms with van der Waals surface area (Å²) in [4.78, 5) is 33.8. The van der Waals surface area contributed by atoms with Gasteiger partial charge in [0.25, 0.3) is 0 Å². The molecule has 0 radical (unpaired) electrons. The van der Waals surface area contributed by atoms with E-state index in [1.54, 1.807) is 4.57 Å². The Balaban J connectivity index is 2.09. The lowest BCUT2D eigenvalue weighted by molar-refractivity contribution is -0.109. The van der Waals surface area contributed by atoms with E-state index in [4.69, 9.17) is 0 Å². The zero-order chi connectivity index (χ0) is 17.3. The van der Waals surface area contributed by atoms with Gasteiger partial charge in [-0.3, -0.25) is 9.59 Å². The van der Waals surface area contributed by atoms with E-state index in [1.807, 2.05) is 0 Å². The van der Waals surface area contributed by atoms with Crippen LogP contribution in [0.2, 0.25) is 0 Å². The summed E-state index contributed by atoms with van der Waals surface area (Å²) >= 11 is 0. The lowest BCUT2D eigenvalue weighted by Gasteiger charge is -2.14. The van der Waals surface area contributed by atoms with Crippen molar-refractivity contribution in [3.63, 3.8) is 0 Å². The van der Waals surface area contributed by atoms with Crippen molar-refractivity contribution in [1.29, 1.82) is 0 Å². The highest BCUT2D eigenvalue weighted by atomic mass is 19.1. The second kappa shape index (κ2) is 6.31. The first-order chi connectivity index (χ1) is 11.5. The fourth-order valence-electron chi connectivity index (χ4n) is 2.64. The predicted molar refractivity (Wildman–Crippen MR) is 86.0 cm³/mol. The van der Waals surface area contributed by atoms with Gasteiger partial charge in [0.1, 0.15) is 11.4 Å². The molecule has 0 saturated heterocycles. The Bertz CT molecular complexity index is 874. The summed E-state index contributed by atoms with van der Waals surface area (Å²) in [5, 5.41) is 14.6. The second-order valence-corrected chi connectivity index (χ2v) is 5.66. The van der Waals surface area contributed by atoms with Crippen molar-refractivity contribution in [3.05, 3.63) is 39.9 Å². The lowest BCUT2D eigenvalue weighted by atomic mass is 10.1. The average molecular weight is 333 g/mol. The molecule has 1 aliphatic rings. The molecule has 1 aliphatic carbocycles. The number of nitrogens with one attached hydrogen (secondary N) is 2. The van der Waals surface area contributed by atoms with Gasteiger partial charge in [0.15, 0.2) is 0 Å². The van der Waals surface area contributed by atoms with Crippen molar-refractivity contribution in [1.82, 2.24) is 9.88 Å². The van der Waals surface area contributed by atoms with Crippen LogP contribution in [0.4, 0.5) is 10.1 Å². The summed E-state index contributed by atoms with van der Waals surface area (Å²) < 4.78 is 16.0. The number of carboxylic acid groups (broad SMARTS) is 1. The van der Waals surface area contributed by atoms with Gasteiger partial charge < -0.3 is 20.3 Å².